The average molecular weight is 197 g/mol. The van der Waals surface area contributed by atoms with Crippen LogP contribution >= 0.6 is 11.6 Å². The largest absolute Gasteiger partial charge is 0.495 e. The Kier molecular flexibility index (Phi) is 1.93. The first kappa shape index (κ1) is 8.45. The molecule has 2 nitrogen and oxygen atoms in total. The number of aryl methyl sites for hydroxylation is 1. The zero-order chi connectivity index (χ0) is 9.42. The molecular weight excluding hydrogens is 188 g/mol. The molecule has 0 aliphatic carbocycles. The minimum Gasteiger partial charge on any atom is -0.495 e. The molecule has 2 aromatic rings. The molecule has 3 heteroatoms. The van der Waals surface area contributed by atoms with Crippen LogP contribution in [0.1, 0.15) is 5.76 Å². The lowest BCUT2D eigenvalue weighted by molar-refractivity contribution is 0.414. The van der Waals surface area contributed by atoms with Crippen molar-refractivity contribution in [2.24, 2.45) is 0 Å². The molecule has 1 aromatic carbocycles. The Bertz CT molecular complexity index is 445. The van der Waals surface area contributed by atoms with E-state index in [0.717, 1.165) is 16.7 Å². The van der Waals surface area contributed by atoms with E-state index in [0.29, 0.717) is 10.8 Å². The van der Waals surface area contributed by atoms with Gasteiger partial charge in [0.2, 0.25) is 0 Å². The summed E-state index contributed by atoms with van der Waals surface area (Å²) in [5, 5.41) is 1.61. The molecular formula is C10H9ClO2. The number of rotatable bonds is 1. The zero-order valence-electron chi connectivity index (χ0n) is 7.43. The summed E-state index contributed by atoms with van der Waals surface area (Å²) < 4.78 is 10.5. The Morgan fingerprint density at radius 2 is 2.08 bits per heavy atom. The fourth-order valence-corrected chi connectivity index (χ4v) is 1.58. The highest BCUT2D eigenvalue weighted by Crippen LogP contribution is 2.31. The van der Waals surface area contributed by atoms with Crippen LogP contribution in [0.5, 0.6) is 5.75 Å². The van der Waals surface area contributed by atoms with Crippen LogP contribution in [-0.2, 0) is 0 Å². The van der Waals surface area contributed by atoms with Crippen LogP contribution in [-0.4, -0.2) is 7.11 Å². The van der Waals surface area contributed by atoms with Crippen LogP contribution in [0.4, 0.5) is 0 Å². The molecule has 0 bridgehead atoms. The number of methoxy groups -OCH3 is 1. The quantitative estimate of drug-likeness (QED) is 0.698. The highest BCUT2D eigenvalue weighted by atomic mass is 35.5. The highest BCUT2D eigenvalue weighted by molar-refractivity contribution is 6.32. The number of fused-ring (bicyclic) bond motifs is 1. The Morgan fingerprint density at radius 1 is 1.31 bits per heavy atom. The Balaban J connectivity index is 2.72. The van der Waals surface area contributed by atoms with Crippen molar-refractivity contribution in [2.45, 2.75) is 6.92 Å². The topological polar surface area (TPSA) is 22.4 Å². The fourth-order valence-electron chi connectivity index (χ4n) is 1.33. The zero-order valence-corrected chi connectivity index (χ0v) is 8.18. The lowest BCUT2D eigenvalue weighted by Gasteiger charge is -2.00. The van der Waals surface area contributed by atoms with E-state index in [4.69, 9.17) is 20.8 Å². The third-order valence-corrected chi connectivity index (χ3v) is 2.21. The van der Waals surface area contributed by atoms with Crippen molar-refractivity contribution in [3.05, 3.63) is 29.0 Å². The van der Waals surface area contributed by atoms with Gasteiger partial charge in [0, 0.05) is 11.5 Å². The Hall–Kier alpha value is -1.15. The number of benzene rings is 1. The van der Waals surface area contributed by atoms with Gasteiger partial charge in [-0.15, -0.1) is 0 Å². The number of hydrogen-bond acceptors (Lipinski definition) is 2. The number of ether oxygens (including phenoxy) is 1. The lowest BCUT2D eigenvalue weighted by Crippen LogP contribution is -1.82. The predicted molar refractivity (Wildman–Crippen MR) is 52.5 cm³/mol. The molecule has 0 aliphatic rings. The van der Waals surface area contributed by atoms with Crippen molar-refractivity contribution in [3.63, 3.8) is 0 Å². The molecule has 0 saturated carbocycles. The van der Waals surface area contributed by atoms with E-state index in [1.54, 1.807) is 13.2 Å². The van der Waals surface area contributed by atoms with Crippen molar-refractivity contribution < 1.29 is 9.15 Å². The van der Waals surface area contributed by atoms with Crippen LogP contribution in [0.2, 0.25) is 5.02 Å². The minimum atomic E-state index is 0.607. The van der Waals surface area contributed by atoms with E-state index in [2.05, 4.69) is 0 Å². The third kappa shape index (κ3) is 1.38. The summed E-state index contributed by atoms with van der Waals surface area (Å²) in [6, 6.07) is 5.58. The summed E-state index contributed by atoms with van der Waals surface area (Å²) in [6.07, 6.45) is 0. The van der Waals surface area contributed by atoms with Gasteiger partial charge in [-0.05, 0) is 19.1 Å². The molecule has 0 radical (unpaired) electrons. The van der Waals surface area contributed by atoms with Gasteiger partial charge in [-0.1, -0.05) is 11.6 Å². The van der Waals surface area contributed by atoms with Gasteiger partial charge in [0.1, 0.15) is 17.1 Å². The molecule has 0 unspecified atom stereocenters. The molecule has 1 aromatic heterocycles. The van der Waals surface area contributed by atoms with Crippen molar-refractivity contribution in [1.82, 2.24) is 0 Å². The Labute approximate surface area is 81.1 Å². The van der Waals surface area contributed by atoms with Crippen molar-refractivity contribution in [2.75, 3.05) is 7.11 Å². The number of furan rings is 1. The van der Waals surface area contributed by atoms with Gasteiger partial charge in [-0.3, -0.25) is 0 Å². The molecule has 0 N–H and O–H groups in total. The first-order chi connectivity index (χ1) is 6.20. The molecule has 2 rings (SSSR count). The summed E-state index contributed by atoms with van der Waals surface area (Å²) in [7, 11) is 1.59. The van der Waals surface area contributed by atoms with Gasteiger partial charge < -0.3 is 9.15 Å². The second-order valence-electron chi connectivity index (χ2n) is 2.88. The highest BCUT2D eigenvalue weighted by Gasteiger charge is 2.06. The summed E-state index contributed by atoms with van der Waals surface area (Å²) in [5.41, 5.74) is 0.804. The summed E-state index contributed by atoms with van der Waals surface area (Å²) in [5.74, 6) is 1.52. The van der Waals surface area contributed by atoms with E-state index < -0.39 is 0 Å². The van der Waals surface area contributed by atoms with E-state index >= 15 is 0 Å². The van der Waals surface area contributed by atoms with Gasteiger partial charge >= 0.3 is 0 Å². The van der Waals surface area contributed by atoms with Gasteiger partial charge in [0.05, 0.1) is 12.1 Å². The van der Waals surface area contributed by atoms with Crippen molar-refractivity contribution >= 4 is 22.6 Å². The van der Waals surface area contributed by atoms with Crippen LogP contribution in [0.15, 0.2) is 22.6 Å². The molecule has 68 valence electrons. The van der Waals surface area contributed by atoms with Crippen LogP contribution < -0.4 is 4.74 Å². The fraction of sp³-hybridized carbons (Fsp3) is 0.200. The maximum absolute atomic E-state index is 5.95. The molecule has 0 saturated heterocycles. The third-order valence-electron chi connectivity index (χ3n) is 1.91. The molecule has 0 spiro atoms. The van der Waals surface area contributed by atoms with E-state index in [9.17, 15) is 0 Å². The summed E-state index contributed by atoms with van der Waals surface area (Å²) in [6.45, 7) is 1.90. The normalized spacial score (nSPS) is 10.7. The van der Waals surface area contributed by atoms with Crippen molar-refractivity contribution in [1.29, 1.82) is 0 Å². The number of halogens is 1. The standard InChI is InChI=1S/C10H9ClO2/c1-6-3-7-4-8(11)10(12-2)5-9(7)13-6/h3-5H,1-2H3. The monoisotopic (exact) mass is 196 g/mol. The predicted octanol–water partition coefficient (Wildman–Crippen LogP) is 3.40. The summed E-state index contributed by atoms with van der Waals surface area (Å²) in [4.78, 5) is 0. The van der Waals surface area contributed by atoms with Gasteiger partial charge in [0.25, 0.3) is 0 Å². The van der Waals surface area contributed by atoms with Crippen LogP contribution in [0.3, 0.4) is 0 Å². The first-order valence-corrected chi connectivity index (χ1v) is 4.32. The van der Waals surface area contributed by atoms with Crippen LogP contribution in [0.25, 0.3) is 11.0 Å². The van der Waals surface area contributed by atoms with Gasteiger partial charge in [-0.2, -0.15) is 0 Å². The lowest BCUT2D eigenvalue weighted by atomic mass is 10.2. The molecule has 1 heterocycles. The maximum atomic E-state index is 5.95. The number of hydrogen-bond donors (Lipinski definition) is 0. The van der Waals surface area contributed by atoms with E-state index in [1.807, 2.05) is 19.1 Å². The van der Waals surface area contributed by atoms with Gasteiger partial charge in [-0.25, -0.2) is 0 Å². The SMILES string of the molecule is COc1cc2oc(C)cc2cc1Cl. The smallest absolute Gasteiger partial charge is 0.141 e. The van der Waals surface area contributed by atoms with E-state index in [-0.39, 0.29) is 0 Å². The average Bonchev–Trinajstić information content (AvgIpc) is 2.42. The molecule has 0 aliphatic heterocycles. The second-order valence-corrected chi connectivity index (χ2v) is 3.29. The maximum Gasteiger partial charge on any atom is 0.141 e. The van der Waals surface area contributed by atoms with Crippen molar-refractivity contribution in [3.8, 4) is 5.75 Å². The molecule has 13 heavy (non-hydrogen) atoms. The Morgan fingerprint density at radius 3 is 2.77 bits per heavy atom. The van der Waals surface area contributed by atoms with Crippen LogP contribution in [0, 0.1) is 6.92 Å². The second kappa shape index (κ2) is 2.96. The summed E-state index contributed by atoms with van der Waals surface area (Å²) >= 11 is 5.95. The molecule has 0 atom stereocenters. The van der Waals surface area contributed by atoms with Gasteiger partial charge in [0.15, 0.2) is 0 Å². The minimum absolute atomic E-state index is 0.607. The molecule has 0 amide bonds. The first-order valence-electron chi connectivity index (χ1n) is 3.94. The molecule has 0 fully saturated rings. The van der Waals surface area contributed by atoms with E-state index in [1.165, 1.54) is 0 Å².